The Bertz CT molecular complexity index is 865. The van der Waals surface area contributed by atoms with Crippen molar-refractivity contribution in [3.05, 3.63) is 30.5 Å². The summed E-state index contributed by atoms with van der Waals surface area (Å²) in [4.78, 5) is 11.6. The normalized spacial score (nSPS) is 15.2. The molecule has 1 saturated heterocycles. The Balaban J connectivity index is 1.75. The summed E-state index contributed by atoms with van der Waals surface area (Å²) in [6, 6.07) is 0. The Morgan fingerprint density at radius 2 is 2.12 bits per heavy atom. The van der Waals surface area contributed by atoms with Crippen molar-refractivity contribution < 1.29 is 9.47 Å². The monoisotopic (exact) mass is 342 g/mol. The predicted octanol–water partition coefficient (Wildman–Crippen LogP) is 1.38. The topological polar surface area (TPSA) is 69.7 Å². The van der Waals surface area contributed by atoms with Crippen LogP contribution in [-0.4, -0.2) is 64.2 Å². The smallest absolute Gasteiger partial charge is 0.181 e. The maximum atomic E-state index is 5.45. The van der Waals surface area contributed by atoms with Crippen LogP contribution in [0.2, 0.25) is 0 Å². The number of fused-ring (bicyclic) bond motifs is 1. The van der Waals surface area contributed by atoms with Crippen molar-refractivity contribution >= 4 is 11.5 Å². The fourth-order valence-corrected chi connectivity index (χ4v) is 3.22. The van der Waals surface area contributed by atoms with Crippen LogP contribution >= 0.6 is 0 Å². The molecule has 4 rings (SSSR count). The van der Waals surface area contributed by atoms with E-state index in [-0.39, 0.29) is 0 Å². The van der Waals surface area contributed by atoms with Crippen LogP contribution in [0.25, 0.3) is 16.9 Å². The molecule has 0 saturated carbocycles. The molecule has 0 spiro atoms. The first-order chi connectivity index (χ1) is 12.3. The van der Waals surface area contributed by atoms with Gasteiger partial charge in [-0.25, -0.2) is 9.97 Å². The number of nitrogens with zero attached hydrogens (tertiary/aromatic N) is 6. The highest BCUT2D eigenvalue weighted by Gasteiger charge is 2.20. The molecule has 0 amide bonds. The standard InChI is InChI=1S/C17H22N6O2/c1-13-15(14-11-19-22(12-14)7-8-24-2)23-4-3-18-16(17(23)20-13)21-5-9-25-10-6-21/h3-4,11-12H,5-10H2,1-2H3. The third-order valence-electron chi connectivity index (χ3n) is 4.44. The van der Waals surface area contributed by atoms with Crippen molar-refractivity contribution in [1.82, 2.24) is 24.1 Å². The third-order valence-corrected chi connectivity index (χ3v) is 4.44. The quantitative estimate of drug-likeness (QED) is 0.698. The van der Waals surface area contributed by atoms with Crippen LogP contribution in [0.15, 0.2) is 24.8 Å². The van der Waals surface area contributed by atoms with E-state index in [9.17, 15) is 0 Å². The Kier molecular flexibility index (Phi) is 4.37. The molecule has 0 atom stereocenters. The van der Waals surface area contributed by atoms with E-state index in [0.29, 0.717) is 6.61 Å². The number of methoxy groups -OCH3 is 1. The first kappa shape index (κ1) is 16.0. The van der Waals surface area contributed by atoms with Gasteiger partial charge in [0.05, 0.1) is 44.0 Å². The van der Waals surface area contributed by atoms with Gasteiger partial charge in [-0.15, -0.1) is 0 Å². The summed E-state index contributed by atoms with van der Waals surface area (Å²) in [5.41, 5.74) is 3.94. The zero-order chi connectivity index (χ0) is 17.2. The molecule has 4 heterocycles. The lowest BCUT2D eigenvalue weighted by molar-refractivity contribution is 0.122. The lowest BCUT2D eigenvalue weighted by Gasteiger charge is -2.27. The number of hydrogen-bond acceptors (Lipinski definition) is 6. The minimum absolute atomic E-state index is 0.637. The van der Waals surface area contributed by atoms with Gasteiger partial charge in [0.2, 0.25) is 0 Å². The number of hydrogen-bond donors (Lipinski definition) is 0. The number of aryl methyl sites for hydroxylation is 1. The lowest BCUT2D eigenvalue weighted by Crippen LogP contribution is -2.37. The average Bonchev–Trinajstić information content (AvgIpc) is 3.23. The van der Waals surface area contributed by atoms with E-state index in [1.807, 2.05) is 36.4 Å². The molecule has 25 heavy (non-hydrogen) atoms. The van der Waals surface area contributed by atoms with Crippen molar-refractivity contribution in [2.24, 2.45) is 0 Å². The molecule has 1 fully saturated rings. The Labute approximate surface area is 146 Å². The summed E-state index contributed by atoms with van der Waals surface area (Å²) < 4.78 is 14.6. The summed E-state index contributed by atoms with van der Waals surface area (Å²) in [5, 5.41) is 4.42. The van der Waals surface area contributed by atoms with E-state index in [1.54, 1.807) is 7.11 Å². The van der Waals surface area contributed by atoms with Gasteiger partial charge in [0.1, 0.15) is 0 Å². The summed E-state index contributed by atoms with van der Waals surface area (Å²) in [7, 11) is 1.69. The zero-order valence-corrected chi connectivity index (χ0v) is 14.6. The fraction of sp³-hybridized carbons (Fsp3) is 0.471. The average molecular weight is 342 g/mol. The summed E-state index contributed by atoms with van der Waals surface area (Å²) >= 11 is 0. The molecule has 0 radical (unpaired) electrons. The van der Waals surface area contributed by atoms with Crippen LogP contribution in [0.5, 0.6) is 0 Å². The minimum Gasteiger partial charge on any atom is -0.383 e. The number of aromatic nitrogens is 5. The summed E-state index contributed by atoms with van der Waals surface area (Å²) in [5.74, 6) is 0.909. The van der Waals surface area contributed by atoms with Crippen molar-refractivity contribution in [3.63, 3.8) is 0 Å². The van der Waals surface area contributed by atoms with E-state index in [2.05, 4.69) is 19.4 Å². The molecule has 0 unspecified atom stereocenters. The van der Waals surface area contributed by atoms with Gasteiger partial charge < -0.3 is 14.4 Å². The van der Waals surface area contributed by atoms with Crippen LogP contribution in [0.3, 0.4) is 0 Å². The van der Waals surface area contributed by atoms with Gasteiger partial charge in [0, 0.05) is 44.4 Å². The SMILES string of the molecule is COCCn1cc(-c2c(C)nc3c(N4CCOCC4)nccn23)cn1. The largest absolute Gasteiger partial charge is 0.383 e. The van der Waals surface area contributed by atoms with Gasteiger partial charge in [-0.3, -0.25) is 9.08 Å². The van der Waals surface area contributed by atoms with Gasteiger partial charge in [-0.2, -0.15) is 5.10 Å². The van der Waals surface area contributed by atoms with Gasteiger partial charge in [-0.05, 0) is 6.92 Å². The van der Waals surface area contributed by atoms with Crippen molar-refractivity contribution in [3.8, 4) is 11.3 Å². The Morgan fingerprint density at radius 3 is 2.92 bits per heavy atom. The Hall–Kier alpha value is -2.45. The summed E-state index contributed by atoms with van der Waals surface area (Å²) in [6.07, 6.45) is 7.70. The van der Waals surface area contributed by atoms with Crippen molar-refractivity contribution in [2.45, 2.75) is 13.5 Å². The van der Waals surface area contributed by atoms with Crippen LogP contribution in [0.1, 0.15) is 5.69 Å². The summed E-state index contributed by atoms with van der Waals surface area (Å²) in [6.45, 7) is 6.51. The molecule has 1 aliphatic heterocycles. The minimum atomic E-state index is 0.637. The number of ether oxygens (including phenoxy) is 2. The first-order valence-corrected chi connectivity index (χ1v) is 8.46. The number of rotatable bonds is 5. The molecule has 132 valence electrons. The van der Waals surface area contributed by atoms with E-state index in [4.69, 9.17) is 14.5 Å². The maximum absolute atomic E-state index is 5.45. The van der Waals surface area contributed by atoms with E-state index in [0.717, 1.165) is 61.3 Å². The van der Waals surface area contributed by atoms with Gasteiger partial charge in [0.25, 0.3) is 0 Å². The number of anilines is 1. The molecule has 0 aromatic carbocycles. The molecular formula is C17H22N6O2. The van der Waals surface area contributed by atoms with E-state index in [1.165, 1.54) is 0 Å². The fourth-order valence-electron chi connectivity index (χ4n) is 3.22. The molecule has 8 nitrogen and oxygen atoms in total. The Morgan fingerprint density at radius 1 is 1.28 bits per heavy atom. The number of imidazole rings is 1. The predicted molar refractivity (Wildman–Crippen MR) is 93.9 cm³/mol. The van der Waals surface area contributed by atoms with Gasteiger partial charge in [0.15, 0.2) is 11.5 Å². The molecule has 3 aromatic rings. The molecule has 0 aliphatic carbocycles. The first-order valence-electron chi connectivity index (χ1n) is 8.46. The zero-order valence-electron chi connectivity index (χ0n) is 14.6. The van der Waals surface area contributed by atoms with Gasteiger partial charge >= 0.3 is 0 Å². The molecule has 1 aliphatic rings. The molecule has 0 bridgehead atoms. The maximum Gasteiger partial charge on any atom is 0.181 e. The van der Waals surface area contributed by atoms with Crippen LogP contribution < -0.4 is 4.90 Å². The molecule has 8 heteroatoms. The molecule has 3 aromatic heterocycles. The van der Waals surface area contributed by atoms with Crippen molar-refractivity contribution in [1.29, 1.82) is 0 Å². The van der Waals surface area contributed by atoms with Crippen LogP contribution in [0.4, 0.5) is 5.82 Å². The highest BCUT2D eigenvalue weighted by Crippen LogP contribution is 2.28. The second-order valence-corrected chi connectivity index (χ2v) is 6.07. The second-order valence-electron chi connectivity index (χ2n) is 6.07. The van der Waals surface area contributed by atoms with Gasteiger partial charge in [-0.1, -0.05) is 0 Å². The van der Waals surface area contributed by atoms with E-state index >= 15 is 0 Å². The number of morpholine rings is 1. The van der Waals surface area contributed by atoms with Crippen LogP contribution in [0, 0.1) is 6.92 Å². The van der Waals surface area contributed by atoms with E-state index < -0.39 is 0 Å². The highest BCUT2D eigenvalue weighted by molar-refractivity contribution is 5.73. The van der Waals surface area contributed by atoms with Crippen molar-refractivity contribution in [2.75, 3.05) is 44.9 Å². The lowest BCUT2D eigenvalue weighted by atomic mass is 10.2. The third kappa shape index (κ3) is 2.98. The van der Waals surface area contributed by atoms with Crippen LogP contribution in [-0.2, 0) is 16.0 Å². The molecule has 0 N–H and O–H groups in total. The second kappa shape index (κ2) is 6.81. The molecular weight excluding hydrogens is 320 g/mol. The highest BCUT2D eigenvalue weighted by atomic mass is 16.5.